The number of carbonyl (C=O) groups excluding carboxylic acids is 1. The van der Waals surface area contributed by atoms with Gasteiger partial charge in [-0.25, -0.2) is 9.59 Å². The third-order valence-electron chi connectivity index (χ3n) is 3.20. The number of nitrogens with one attached hydrogen (secondary N) is 2. The molecule has 0 saturated carbocycles. The summed E-state index contributed by atoms with van der Waals surface area (Å²) in [6.45, 7) is 0.728. The van der Waals surface area contributed by atoms with Crippen molar-refractivity contribution in [2.75, 3.05) is 11.9 Å². The molecule has 21 heavy (non-hydrogen) atoms. The third kappa shape index (κ3) is 3.32. The monoisotopic (exact) mass is 291 g/mol. The second kappa shape index (κ2) is 5.45. The molecule has 1 aromatic carbocycles. The summed E-state index contributed by atoms with van der Waals surface area (Å²) in [7, 11) is 1.90. The number of anilines is 1. The first-order valence-electron chi connectivity index (χ1n) is 6.35. The van der Waals surface area contributed by atoms with Gasteiger partial charge in [-0.15, -0.1) is 0 Å². The molecule has 0 radical (unpaired) electrons. The van der Waals surface area contributed by atoms with Crippen molar-refractivity contribution < 1.29 is 19.8 Å². The Labute approximate surface area is 121 Å². The van der Waals surface area contributed by atoms with Gasteiger partial charge in [-0.3, -0.25) is 0 Å². The quantitative estimate of drug-likeness (QED) is 0.678. The molecule has 112 valence electrons. The molecule has 0 aliphatic heterocycles. The number of carbonyl (C=O) groups is 2. The van der Waals surface area contributed by atoms with E-state index in [0.717, 1.165) is 17.8 Å². The number of aliphatic hydroxyl groups is 1. The Balaban J connectivity index is 2.01. The number of fused-ring (bicyclic) bond motifs is 1. The van der Waals surface area contributed by atoms with Gasteiger partial charge < -0.3 is 25.4 Å². The maximum atomic E-state index is 11.7. The number of rotatable bonds is 4. The molecular formula is C14H17N3O4. The highest BCUT2D eigenvalue weighted by molar-refractivity contribution is 5.93. The van der Waals surface area contributed by atoms with Gasteiger partial charge in [0.15, 0.2) is 5.60 Å². The average Bonchev–Trinajstić information content (AvgIpc) is 2.78. The van der Waals surface area contributed by atoms with Gasteiger partial charge in [-0.2, -0.15) is 0 Å². The van der Waals surface area contributed by atoms with E-state index in [-0.39, 0.29) is 6.54 Å². The highest BCUT2D eigenvalue weighted by Crippen LogP contribution is 2.19. The number of aromatic nitrogens is 1. The van der Waals surface area contributed by atoms with Gasteiger partial charge in [-0.1, -0.05) is 6.07 Å². The average molecular weight is 291 g/mol. The van der Waals surface area contributed by atoms with E-state index in [9.17, 15) is 14.7 Å². The van der Waals surface area contributed by atoms with Crippen LogP contribution < -0.4 is 10.6 Å². The van der Waals surface area contributed by atoms with Crippen LogP contribution in [0.1, 0.15) is 6.92 Å². The van der Waals surface area contributed by atoms with E-state index >= 15 is 0 Å². The number of carboxylic acid groups (broad SMARTS) is 1. The van der Waals surface area contributed by atoms with Crippen molar-refractivity contribution >= 4 is 28.6 Å². The number of carboxylic acids is 1. The second-order valence-electron chi connectivity index (χ2n) is 5.09. The maximum Gasteiger partial charge on any atom is 0.337 e. The predicted octanol–water partition coefficient (Wildman–Crippen LogP) is 1.14. The lowest BCUT2D eigenvalue weighted by atomic mass is 10.1. The van der Waals surface area contributed by atoms with Crippen molar-refractivity contribution in [2.24, 2.45) is 7.05 Å². The van der Waals surface area contributed by atoms with Gasteiger partial charge in [0.25, 0.3) is 0 Å². The van der Waals surface area contributed by atoms with Gasteiger partial charge in [0, 0.05) is 24.4 Å². The van der Waals surface area contributed by atoms with Crippen LogP contribution in [0.3, 0.4) is 0 Å². The number of aryl methyl sites for hydroxylation is 1. The highest BCUT2D eigenvalue weighted by atomic mass is 16.4. The highest BCUT2D eigenvalue weighted by Gasteiger charge is 2.30. The minimum Gasteiger partial charge on any atom is -0.479 e. The van der Waals surface area contributed by atoms with Gasteiger partial charge in [0.05, 0.1) is 6.54 Å². The number of hydrogen-bond acceptors (Lipinski definition) is 3. The van der Waals surface area contributed by atoms with E-state index in [1.54, 1.807) is 6.07 Å². The Kier molecular flexibility index (Phi) is 3.86. The van der Waals surface area contributed by atoms with Crippen molar-refractivity contribution in [1.29, 1.82) is 0 Å². The lowest BCUT2D eigenvalue weighted by Gasteiger charge is -2.18. The van der Waals surface area contributed by atoms with Crippen LogP contribution in [0.4, 0.5) is 10.5 Å². The molecule has 1 unspecified atom stereocenters. The van der Waals surface area contributed by atoms with E-state index in [0.29, 0.717) is 5.69 Å². The SMILES string of the molecule is Cn1ccc2ccc(NC(=O)NCC(C)(O)C(=O)O)cc21. The van der Waals surface area contributed by atoms with Gasteiger partial charge in [0.1, 0.15) is 0 Å². The molecule has 4 N–H and O–H groups in total. The summed E-state index contributed by atoms with van der Waals surface area (Å²) in [6, 6.07) is 6.81. The molecule has 0 bridgehead atoms. The van der Waals surface area contributed by atoms with E-state index in [4.69, 9.17) is 5.11 Å². The van der Waals surface area contributed by atoms with Crippen LogP contribution in [-0.4, -0.2) is 38.9 Å². The molecule has 0 saturated heterocycles. The van der Waals surface area contributed by atoms with Crippen LogP contribution in [0.5, 0.6) is 0 Å². The third-order valence-corrected chi connectivity index (χ3v) is 3.20. The molecule has 2 aromatic rings. The summed E-state index contributed by atoms with van der Waals surface area (Å²) < 4.78 is 1.92. The smallest absolute Gasteiger partial charge is 0.337 e. The van der Waals surface area contributed by atoms with Crippen LogP contribution in [0.25, 0.3) is 10.9 Å². The summed E-state index contributed by atoms with van der Waals surface area (Å²) in [6.07, 6.45) is 1.92. The zero-order chi connectivity index (χ0) is 15.6. The molecule has 0 aliphatic rings. The Morgan fingerprint density at radius 3 is 2.71 bits per heavy atom. The Hall–Kier alpha value is -2.54. The number of urea groups is 1. The fourth-order valence-corrected chi connectivity index (χ4v) is 1.84. The lowest BCUT2D eigenvalue weighted by molar-refractivity contribution is -0.155. The fraction of sp³-hybridized carbons (Fsp3) is 0.286. The number of nitrogens with zero attached hydrogens (tertiary/aromatic N) is 1. The standard InChI is InChI=1S/C14H17N3O4/c1-14(21,12(18)19)8-15-13(20)16-10-4-3-9-5-6-17(2)11(9)7-10/h3-7,21H,8H2,1-2H3,(H,18,19)(H2,15,16,20). The largest absolute Gasteiger partial charge is 0.479 e. The van der Waals surface area contributed by atoms with E-state index in [1.165, 1.54) is 0 Å². The summed E-state index contributed by atoms with van der Waals surface area (Å²) in [5.74, 6) is -1.40. The van der Waals surface area contributed by atoms with Crippen LogP contribution >= 0.6 is 0 Å². The summed E-state index contributed by atoms with van der Waals surface area (Å²) in [5.41, 5.74) is -0.457. The summed E-state index contributed by atoms with van der Waals surface area (Å²) in [4.78, 5) is 22.4. The first-order chi connectivity index (χ1) is 9.79. The number of aliphatic carboxylic acids is 1. The van der Waals surface area contributed by atoms with E-state index < -0.39 is 17.6 Å². The molecule has 7 nitrogen and oxygen atoms in total. The van der Waals surface area contributed by atoms with Crippen molar-refractivity contribution in [3.63, 3.8) is 0 Å². The Morgan fingerprint density at radius 1 is 1.33 bits per heavy atom. The van der Waals surface area contributed by atoms with Crippen molar-refractivity contribution in [3.05, 3.63) is 30.5 Å². The molecule has 2 rings (SSSR count). The van der Waals surface area contributed by atoms with Crippen molar-refractivity contribution in [3.8, 4) is 0 Å². The molecular weight excluding hydrogens is 274 g/mol. The van der Waals surface area contributed by atoms with Crippen LogP contribution in [0, 0.1) is 0 Å². The number of amides is 2. The molecule has 0 aliphatic carbocycles. The maximum absolute atomic E-state index is 11.7. The fourth-order valence-electron chi connectivity index (χ4n) is 1.84. The van der Waals surface area contributed by atoms with E-state index in [1.807, 2.05) is 36.0 Å². The number of hydrogen-bond donors (Lipinski definition) is 4. The number of benzene rings is 1. The zero-order valence-electron chi connectivity index (χ0n) is 11.8. The minimum atomic E-state index is -2.00. The van der Waals surface area contributed by atoms with E-state index in [2.05, 4.69) is 10.6 Å². The van der Waals surface area contributed by atoms with Gasteiger partial charge in [-0.05, 0) is 30.5 Å². The van der Waals surface area contributed by atoms with Crippen LogP contribution in [0.2, 0.25) is 0 Å². The molecule has 0 spiro atoms. The zero-order valence-corrected chi connectivity index (χ0v) is 11.8. The Bertz CT molecular complexity index is 691. The molecule has 2 amide bonds. The predicted molar refractivity (Wildman–Crippen MR) is 78.2 cm³/mol. The topological polar surface area (TPSA) is 104 Å². The first-order valence-corrected chi connectivity index (χ1v) is 6.35. The van der Waals surface area contributed by atoms with Crippen LogP contribution in [-0.2, 0) is 11.8 Å². The normalized spacial score (nSPS) is 13.7. The first kappa shape index (κ1) is 14.9. The second-order valence-corrected chi connectivity index (χ2v) is 5.09. The summed E-state index contributed by atoms with van der Waals surface area (Å²) in [5, 5.41) is 24.2. The minimum absolute atomic E-state index is 0.388. The molecule has 0 fully saturated rings. The van der Waals surface area contributed by atoms with Crippen LogP contribution in [0.15, 0.2) is 30.5 Å². The molecule has 1 heterocycles. The summed E-state index contributed by atoms with van der Waals surface area (Å²) >= 11 is 0. The van der Waals surface area contributed by atoms with Crippen molar-refractivity contribution in [1.82, 2.24) is 9.88 Å². The molecule has 1 aromatic heterocycles. The van der Waals surface area contributed by atoms with Gasteiger partial charge >= 0.3 is 12.0 Å². The Morgan fingerprint density at radius 2 is 2.05 bits per heavy atom. The molecule has 1 atom stereocenters. The lowest BCUT2D eigenvalue weighted by Crippen LogP contribution is -2.47. The van der Waals surface area contributed by atoms with Crippen molar-refractivity contribution in [2.45, 2.75) is 12.5 Å². The van der Waals surface area contributed by atoms with Gasteiger partial charge in [0.2, 0.25) is 0 Å². The molecule has 7 heteroatoms.